The predicted octanol–water partition coefficient (Wildman–Crippen LogP) is 2.55. The van der Waals surface area contributed by atoms with Crippen molar-refractivity contribution in [2.24, 2.45) is 18.7 Å². The van der Waals surface area contributed by atoms with Crippen molar-refractivity contribution in [2.75, 3.05) is 44.2 Å². The van der Waals surface area contributed by atoms with Gasteiger partial charge in [0, 0.05) is 62.9 Å². The lowest BCUT2D eigenvalue weighted by atomic mass is 10.1. The van der Waals surface area contributed by atoms with Crippen LogP contribution in [0.25, 0.3) is 11.3 Å². The molecule has 2 unspecified atom stereocenters. The Bertz CT molecular complexity index is 984. The summed E-state index contributed by atoms with van der Waals surface area (Å²) in [4.78, 5) is 17.1. The zero-order valence-electron chi connectivity index (χ0n) is 18.7. The van der Waals surface area contributed by atoms with E-state index in [0.717, 1.165) is 49.7 Å². The summed E-state index contributed by atoms with van der Waals surface area (Å²) < 4.78 is 1.98. The quantitative estimate of drug-likeness (QED) is 0.604. The number of urea groups is 1. The highest BCUT2D eigenvalue weighted by Crippen LogP contribution is 2.38. The molecule has 0 radical (unpaired) electrons. The maximum atomic E-state index is 12.6. The van der Waals surface area contributed by atoms with Crippen molar-refractivity contribution in [1.82, 2.24) is 19.2 Å². The summed E-state index contributed by atoms with van der Waals surface area (Å²) in [6.07, 6.45) is 0.972. The third-order valence-electron chi connectivity index (χ3n) is 6.95. The monoisotopic (exact) mass is 422 g/mol. The molecule has 8 nitrogen and oxygen atoms in total. The number of benzene rings is 1. The van der Waals surface area contributed by atoms with Crippen LogP contribution in [0.3, 0.4) is 0 Å². The lowest BCUT2D eigenvalue weighted by Crippen LogP contribution is -2.60. The molecule has 0 spiro atoms. The van der Waals surface area contributed by atoms with Gasteiger partial charge in [0.05, 0.1) is 24.9 Å². The Morgan fingerprint density at radius 2 is 1.90 bits per heavy atom. The average molecular weight is 423 g/mol. The third kappa shape index (κ3) is 3.80. The number of likely N-dealkylation sites (tertiary alicyclic amines) is 1. The molecule has 1 aromatic heterocycles. The normalized spacial score (nSPS) is 26.7. The lowest BCUT2D eigenvalue weighted by Gasteiger charge is -2.34. The third-order valence-corrected chi connectivity index (χ3v) is 6.95. The highest BCUT2D eigenvalue weighted by atomic mass is 16.2. The van der Waals surface area contributed by atoms with Crippen molar-refractivity contribution >= 4 is 17.5 Å². The lowest BCUT2D eigenvalue weighted by molar-refractivity contribution is 0.201. The summed E-state index contributed by atoms with van der Waals surface area (Å²) in [5.74, 6) is 1.30. The van der Waals surface area contributed by atoms with E-state index in [9.17, 15) is 4.79 Å². The van der Waals surface area contributed by atoms with Crippen molar-refractivity contribution in [1.29, 1.82) is 5.26 Å². The van der Waals surface area contributed by atoms with Crippen LogP contribution < -0.4 is 15.1 Å². The maximum Gasteiger partial charge on any atom is 0.420 e. The van der Waals surface area contributed by atoms with Crippen LogP contribution in [0.5, 0.6) is 0 Å². The van der Waals surface area contributed by atoms with Crippen LogP contribution in [-0.4, -0.2) is 66.0 Å². The number of amides is 2. The fourth-order valence-electron chi connectivity index (χ4n) is 5.33. The van der Waals surface area contributed by atoms with E-state index in [1.54, 1.807) is 0 Å². The van der Waals surface area contributed by atoms with Gasteiger partial charge in [-0.3, -0.25) is 4.90 Å². The molecule has 0 saturated carbocycles. The van der Waals surface area contributed by atoms with E-state index < -0.39 is 0 Å². The molecule has 2 aromatic rings. The van der Waals surface area contributed by atoms with Gasteiger partial charge in [0.15, 0.2) is 0 Å². The van der Waals surface area contributed by atoms with Crippen LogP contribution in [0.4, 0.5) is 16.3 Å². The molecule has 2 aliphatic heterocycles. The summed E-state index contributed by atoms with van der Waals surface area (Å²) in [6.45, 7) is 9.14. The fourth-order valence-corrected chi connectivity index (χ4v) is 5.33. The van der Waals surface area contributed by atoms with E-state index in [0.29, 0.717) is 19.0 Å². The van der Waals surface area contributed by atoms with Crippen molar-refractivity contribution < 1.29 is 4.79 Å². The number of nitrogens with zero attached hydrogens (tertiary/aromatic N) is 6. The summed E-state index contributed by atoms with van der Waals surface area (Å²) >= 11 is 0. The molecule has 1 aromatic carbocycles. The Balaban J connectivity index is 1.55. The Labute approximate surface area is 184 Å². The summed E-state index contributed by atoms with van der Waals surface area (Å²) in [6, 6.07) is 12.5. The van der Waals surface area contributed by atoms with Gasteiger partial charge in [0.2, 0.25) is 5.82 Å². The van der Waals surface area contributed by atoms with Crippen LogP contribution >= 0.6 is 0 Å². The van der Waals surface area contributed by atoms with E-state index in [1.165, 1.54) is 5.69 Å². The molecule has 2 aliphatic rings. The highest BCUT2D eigenvalue weighted by Gasteiger charge is 2.51. The molecular formula is C23H32N7O+. The van der Waals surface area contributed by atoms with Crippen LogP contribution in [0.2, 0.25) is 0 Å². The average Bonchev–Trinajstić information content (AvgIpc) is 3.28. The molecule has 8 heteroatoms. The first-order valence-corrected chi connectivity index (χ1v) is 11.0. The second-order valence-electron chi connectivity index (χ2n) is 9.06. The second kappa shape index (κ2) is 8.33. The fraction of sp³-hybridized carbons (Fsp3) is 0.522. The Hall–Kier alpha value is -2.89. The van der Waals surface area contributed by atoms with Gasteiger partial charge in [-0.15, -0.1) is 0 Å². The van der Waals surface area contributed by atoms with Gasteiger partial charge in [-0.1, -0.05) is 19.1 Å². The number of carbonyl (C=O) groups is 1. The van der Waals surface area contributed by atoms with Crippen LogP contribution in [0, 0.1) is 17.2 Å². The smallest absolute Gasteiger partial charge is 0.369 e. The molecule has 2 N–H and O–H groups in total. The molecule has 164 valence electrons. The first-order valence-electron chi connectivity index (χ1n) is 11.0. The van der Waals surface area contributed by atoms with Gasteiger partial charge in [0.25, 0.3) is 0 Å². The highest BCUT2D eigenvalue weighted by molar-refractivity contribution is 5.86. The predicted molar refractivity (Wildman–Crippen MR) is 122 cm³/mol. The van der Waals surface area contributed by atoms with E-state index in [4.69, 9.17) is 16.1 Å². The number of aryl methyl sites for hydroxylation is 1. The van der Waals surface area contributed by atoms with Gasteiger partial charge >= 0.3 is 6.03 Å². The molecule has 3 atom stereocenters. The number of nitriles is 1. The number of rotatable bonds is 4. The zero-order chi connectivity index (χ0) is 22.2. The molecule has 4 rings (SSSR count). The minimum atomic E-state index is -0.308. The molecule has 0 bridgehead atoms. The number of hydrogen-bond acceptors (Lipinski definition) is 5. The number of anilines is 1. The van der Waals surface area contributed by atoms with Gasteiger partial charge in [0.1, 0.15) is 6.04 Å². The number of hydrogen-bond donors (Lipinski definition) is 1. The number of piperazine rings is 1. The van der Waals surface area contributed by atoms with Gasteiger partial charge < -0.3 is 10.6 Å². The van der Waals surface area contributed by atoms with Crippen LogP contribution in [0.1, 0.15) is 20.3 Å². The zero-order valence-corrected chi connectivity index (χ0v) is 18.7. The minimum Gasteiger partial charge on any atom is -0.369 e. The number of carbonyl (C=O) groups excluding carboxylic acids is 1. The van der Waals surface area contributed by atoms with E-state index in [2.05, 4.69) is 54.0 Å². The molecule has 2 saturated heterocycles. The SMILES string of the molecule is CC1C[C@H](C)C[N+]1(C(N)=O)c1cc(-c2ccc(N3CCN(CC#N)CC3)cc2)nn1C. The summed E-state index contributed by atoms with van der Waals surface area (Å²) in [5.41, 5.74) is 8.99. The number of primary amides is 1. The first kappa shape index (κ1) is 21.3. The maximum absolute atomic E-state index is 12.6. The molecule has 3 heterocycles. The van der Waals surface area contributed by atoms with Crippen molar-refractivity contribution in [3.05, 3.63) is 30.3 Å². The van der Waals surface area contributed by atoms with Crippen LogP contribution in [0.15, 0.2) is 30.3 Å². The topological polar surface area (TPSA) is 91.2 Å². The molecule has 2 amide bonds. The number of nitrogens with two attached hydrogens (primary N) is 1. The van der Waals surface area contributed by atoms with Crippen molar-refractivity contribution in [2.45, 2.75) is 26.3 Å². The number of aromatic nitrogens is 2. The summed E-state index contributed by atoms with van der Waals surface area (Å²) in [5, 5.41) is 13.6. The molecule has 2 fully saturated rings. The van der Waals surface area contributed by atoms with E-state index in [1.807, 2.05) is 17.8 Å². The Morgan fingerprint density at radius 1 is 1.23 bits per heavy atom. The summed E-state index contributed by atoms with van der Waals surface area (Å²) in [7, 11) is 1.90. The van der Waals surface area contributed by atoms with E-state index in [-0.39, 0.29) is 16.6 Å². The molecular weight excluding hydrogens is 390 g/mol. The first-order chi connectivity index (χ1) is 14.8. The van der Waals surface area contributed by atoms with Gasteiger partial charge in [-0.2, -0.15) is 14.8 Å². The second-order valence-corrected chi connectivity index (χ2v) is 9.06. The minimum absolute atomic E-state index is 0.137. The molecule has 31 heavy (non-hydrogen) atoms. The van der Waals surface area contributed by atoms with Crippen molar-refractivity contribution in [3.63, 3.8) is 0 Å². The van der Waals surface area contributed by atoms with Gasteiger partial charge in [-0.05, 0) is 19.1 Å². The Morgan fingerprint density at radius 3 is 2.45 bits per heavy atom. The van der Waals surface area contributed by atoms with Gasteiger partial charge in [-0.25, -0.2) is 9.48 Å². The van der Waals surface area contributed by atoms with Crippen molar-refractivity contribution in [3.8, 4) is 17.3 Å². The largest absolute Gasteiger partial charge is 0.420 e. The molecule has 0 aliphatic carbocycles. The van der Waals surface area contributed by atoms with Crippen LogP contribution in [-0.2, 0) is 7.05 Å². The Kier molecular flexibility index (Phi) is 5.73. The standard InChI is InChI=1S/C23H31N7O/c1-17-14-18(2)30(16-17,23(25)31)22-15-21(26-27(22)3)19-4-6-20(7-5-19)29-12-10-28(9-8-24)11-13-29/h4-7,15,17-18H,9-14,16H2,1-3H3,(H-,25,31)/p+1/t17-,18?,30?/m0/s1. The number of quaternary nitrogens is 1. The van der Waals surface area contributed by atoms with E-state index >= 15 is 0 Å².